The van der Waals surface area contributed by atoms with Gasteiger partial charge >= 0.3 is 0 Å². The van der Waals surface area contributed by atoms with E-state index in [1.165, 1.54) is 12.1 Å². The van der Waals surface area contributed by atoms with Gasteiger partial charge in [-0.1, -0.05) is 35.3 Å². The van der Waals surface area contributed by atoms with Crippen LogP contribution in [0.4, 0.5) is 11.4 Å². The third-order valence-corrected chi connectivity index (χ3v) is 5.20. The number of hydrogen-bond acceptors (Lipinski definition) is 3. The molecule has 0 bridgehead atoms. The highest BCUT2D eigenvalue weighted by Gasteiger charge is 2.21. The van der Waals surface area contributed by atoms with Crippen LogP contribution >= 0.6 is 23.2 Å². The van der Waals surface area contributed by atoms with Crippen molar-refractivity contribution < 1.29 is 8.42 Å². The third-order valence-electron chi connectivity index (χ3n) is 3.07. The van der Waals surface area contributed by atoms with Gasteiger partial charge in [-0.2, -0.15) is 0 Å². The van der Waals surface area contributed by atoms with Crippen LogP contribution in [0.5, 0.6) is 0 Å². The lowest BCUT2D eigenvalue weighted by molar-refractivity contribution is 0.601. The fourth-order valence-electron chi connectivity index (χ4n) is 1.83. The van der Waals surface area contributed by atoms with Crippen LogP contribution in [0.2, 0.25) is 10.0 Å². The molecule has 7 heteroatoms. The molecule has 21 heavy (non-hydrogen) atoms. The van der Waals surface area contributed by atoms with E-state index in [1.807, 2.05) is 0 Å². The standard InChI is InChI=1S/C14H14Cl2N2O2S/c1-8-4-3-5-10(15)14(8)18-21(19,20)13-7-12(17)9(2)6-11(13)16/h3-7,18H,17H2,1-2H3. The first-order valence-electron chi connectivity index (χ1n) is 6.06. The van der Waals surface area contributed by atoms with Crippen molar-refractivity contribution in [3.8, 4) is 0 Å². The Hall–Kier alpha value is -1.43. The average molecular weight is 345 g/mol. The Morgan fingerprint density at radius 3 is 2.33 bits per heavy atom. The average Bonchev–Trinajstić information content (AvgIpc) is 2.38. The Morgan fingerprint density at radius 2 is 1.71 bits per heavy atom. The highest BCUT2D eigenvalue weighted by Crippen LogP contribution is 2.31. The highest BCUT2D eigenvalue weighted by molar-refractivity contribution is 7.92. The number of nitrogens with two attached hydrogens (primary N) is 1. The first-order chi connectivity index (χ1) is 9.72. The van der Waals surface area contributed by atoms with Crippen molar-refractivity contribution in [3.63, 3.8) is 0 Å². The molecule has 4 nitrogen and oxygen atoms in total. The van der Waals surface area contributed by atoms with E-state index in [4.69, 9.17) is 28.9 Å². The number of sulfonamides is 1. The quantitative estimate of drug-likeness (QED) is 0.826. The molecule has 2 aromatic carbocycles. The van der Waals surface area contributed by atoms with Crippen molar-refractivity contribution in [1.82, 2.24) is 0 Å². The van der Waals surface area contributed by atoms with Crippen LogP contribution < -0.4 is 10.5 Å². The number of aryl methyl sites for hydroxylation is 2. The van der Waals surface area contributed by atoms with E-state index in [-0.39, 0.29) is 9.92 Å². The largest absolute Gasteiger partial charge is 0.398 e. The first kappa shape index (κ1) is 15.9. The van der Waals surface area contributed by atoms with Gasteiger partial charge < -0.3 is 5.73 Å². The molecule has 0 saturated carbocycles. The zero-order valence-corrected chi connectivity index (χ0v) is 13.8. The maximum atomic E-state index is 12.5. The van der Waals surface area contributed by atoms with Gasteiger partial charge in [0.05, 0.1) is 15.7 Å². The van der Waals surface area contributed by atoms with Crippen LogP contribution in [0.15, 0.2) is 35.2 Å². The van der Waals surface area contributed by atoms with Gasteiger partial charge in [0.25, 0.3) is 10.0 Å². The molecule has 0 saturated heterocycles. The summed E-state index contributed by atoms with van der Waals surface area (Å²) in [5, 5.41) is 0.425. The number of halogens is 2. The third kappa shape index (κ3) is 3.26. The van der Waals surface area contributed by atoms with Gasteiger partial charge in [0.15, 0.2) is 0 Å². The predicted molar refractivity (Wildman–Crippen MR) is 87.6 cm³/mol. The molecule has 112 valence electrons. The van der Waals surface area contributed by atoms with Gasteiger partial charge in [-0.05, 0) is 43.2 Å². The Labute approximate surface area is 133 Å². The maximum absolute atomic E-state index is 12.5. The van der Waals surface area contributed by atoms with Crippen LogP contribution in [0, 0.1) is 13.8 Å². The van der Waals surface area contributed by atoms with Gasteiger partial charge in [0.2, 0.25) is 0 Å². The molecule has 0 aliphatic heterocycles. The van der Waals surface area contributed by atoms with Crippen LogP contribution in [-0.2, 0) is 10.0 Å². The summed E-state index contributed by atoms with van der Waals surface area (Å²) in [4.78, 5) is -0.0772. The number of para-hydroxylation sites is 1. The van der Waals surface area contributed by atoms with E-state index in [9.17, 15) is 8.42 Å². The molecule has 0 amide bonds. The van der Waals surface area contributed by atoms with Crippen molar-refractivity contribution in [1.29, 1.82) is 0 Å². The first-order valence-corrected chi connectivity index (χ1v) is 8.30. The summed E-state index contributed by atoms with van der Waals surface area (Å²) in [6, 6.07) is 7.97. The van der Waals surface area contributed by atoms with E-state index in [0.717, 1.165) is 0 Å². The molecule has 3 N–H and O–H groups in total. The van der Waals surface area contributed by atoms with Gasteiger partial charge in [-0.3, -0.25) is 4.72 Å². The monoisotopic (exact) mass is 344 g/mol. The summed E-state index contributed by atoms with van der Waals surface area (Å²) >= 11 is 12.1. The SMILES string of the molecule is Cc1cc(Cl)c(S(=O)(=O)Nc2c(C)cccc2Cl)cc1N. The normalized spacial score (nSPS) is 11.4. The zero-order valence-electron chi connectivity index (χ0n) is 11.4. The minimum atomic E-state index is -3.87. The number of rotatable bonds is 3. The van der Waals surface area contributed by atoms with E-state index in [1.54, 1.807) is 32.0 Å². The van der Waals surface area contributed by atoms with Crippen LogP contribution in [0.25, 0.3) is 0 Å². The fraction of sp³-hybridized carbons (Fsp3) is 0.143. The summed E-state index contributed by atoms with van der Waals surface area (Å²) in [7, 11) is -3.87. The van der Waals surface area contributed by atoms with Crippen LogP contribution in [-0.4, -0.2) is 8.42 Å². The molecular weight excluding hydrogens is 331 g/mol. The van der Waals surface area contributed by atoms with E-state index in [2.05, 4.69) is 4.72 Å². The van der Waals surface area contributed by atoms with Crippen molar-refractivity contribution in [2.24, 2.45) is 0 Å². The molecule has 0 atom stereocenters. The number of anilines is 2. The Morgan fingerprint density at radius 1 is 1.05 bits per heavy atom. The minimum absolute atomic E-state index is 0.0772. The summed E-state index contributed by atoms with van der Waals surface area (Å²) in [6.45, 7) is 3.51. The van der Waals surface area contributed by atoms with Gasteiger partial charge in [-0.15, -0.1) is 0 Å². The molecule has 0 spiro atoms. The van der Waals surface area contributed by atoms with E-state index in [0.29, 0.717) is 27.5 Å². The second kappa shape index (κ2) is 5.75. The molecule has 0 heterocycles. The summed E-state index contributed by atoms with van der Waals surface area (Å²) < 4.78 is 27.4. The second-order valence-corrected chi connectivity index (χ2v) is 7.14. The lowest BCUT2D eigenvalue weighted by Gasteiger charge is -2.14. The number of nitrogen functional groups attached to an aromatic ring is 1. The molecule has 0 aliphatic carbocycles. The Bertz CT molecular complexity index is 785. The smallest absolute Gasteiger partial charge is 0.263 e. The maximum Gasteiger partial charge on any atom is 0.263 e. The van der Waals surface area contributed by atoms with Crippen LogP contribution in [0.3, 0.4) is 0 Å². The Kier molecular flexibility index (Phi) is 4.37. The summed E-state index contributed by atoms with van der Waals surface area (Å²) in [6.07, 6.45) is 0. The lowest BCUT2D eigenvalue weighted by atomic mass is 10.2. The second-order valence-electron chi connectivity index (χ2n) is 4.68. The molecule has 0 unspecified atom stereocenters. The topological polar surface area (TPSA) is 72.2 Å². The fourth-order valence-corrected chi connectivity index (χ4v) is 3.92. The lowest BCUT2D eigenvalue weighted by Crippen LogP contribution is -2.15. The van der Waals surface area contributed by atoms with E-state index < -0.39 is 10.0 Å². The predicted octanol–water partition coefficient (Wildman–Crippen LogP) is 3.99. The van der Waals surface area contributed by atoms with Crippen LogP contribution in [0.1, 0.15) is 11.1 Å². The van der Waals surface area contributed by atoms with Crippen molar-refractivity contribution in [2.45, 2.75) is 18.7 Å². The number of hydrogen-bond donors (Lipinski definition) is 2. The molecule has 2 rings (SSSR count). The number of nitrogens with one attached hydrogen (secondary N) is 1. The molecular formula is C14H14Cl2N2O2S. The molecule has 2 aromatic rings. The van der Waals surface area contributed by atoms with Crippen molar-refractivity contribution in [2.75, 3.05) is 10.5 Å². The zero-order chi connectivity index (χ0) is 15.8. The van der Waals surface area contributed by atoms with Gasteiger partial charge in [-0.25, -0.2) is 8.42 Å². The van der Waals surface area contributed by atoms with Gasteiger partial charge in [0.1, 0.15) is 4.90 Å². The molecule has 0 fully saturated rings. The highest BCUT2D eigenvalue weighted by atomic mass is 35.5. The number of benzene rings is 2. The van der Waals surface area contributed by atoms with Crippen molar-refractivity contribution in [3.05, 3.63) is 51.5 Å². The van der Waals surface area contributed by atoms with E-state index >= 15 is 0 Å². The van der Waals surface area contributed by atoms with Crippen molar-refractivity contribution >= 4 is 44.6 Å². The molecule has 0 aliphatic rings. The minimum Gasteiger partial charge on any atom is -0.398 e. The molecule has 0 radical (unpaired) electrons. The molecule has 0 aromatic heterocycles. The van der Waals surface area contributed by atoms with Gasteiger partial charge in [0, 0.05) is 5.69 Å². The summed E-state index contributed by atoms with van der Waals surface area (Å²) in [5.41, 5.74) is 7.87. The summed E-state index contributed by atoms with van der Waals surface area (Å²) in [5.74, 6) is 0. The Balaban J connectivity index is 2.51.